The Morgan fingerprint density at radius 1 is 0.900 bits per heavy atom. The summed E-state index contributed by atoms with van der Waals surface area (Å²) in [5, 5.41) is 0. The second kappa shape index (κ2) is 4.99. The summed E-state index contributed by atoms with van der Waals surface area (Å²) in [5.41, 5.74) is 0. The molecule has 0 heterocycles. The van der Waals surface area contributed by atoms with Gasteiger partial charge in [-0.1, -0.05) is 19.3 Å². The third kappa shape index (κ3) is 2.38. The Balaban J connectivity index is 0.000000405. The molecular formula is C8H13BrMg. The van der Waals surface area contributed by atoms with Crippen LogP contribution in [0.25, 0.3) is 0 Å². The molecule has 2 bridgehead atoms. The summed E-state index contributed by atoms with van der Waals surface area (Å²) >= 11 is 0. The summed E-state index contributed by atoms with van der Waals surface area (Å²) in [7, 11) is 0. The van der Waals surface area contributed by atoms with Gasteiger partial charge in [0.15, 0.2) is 0 Å². The Kier molecular flexibility index (Phi) is 5.61. The molecule has 0 atom stereocenters. The van der Waals surface area contributed by atoms with Crippen molar-refractivity contribution in [2.24, 2.45) is 5.92 Å². The minimum absolute atomic E-state index is 0. The first-order chi connectivity index (χ1) is 3.95. The molecule has 0 aromatic carbocycles. The van der Waals surface area contributed by atoms with Crippen LogP contribution < -0.4 is 17.0 Å². The smallest absolute Gasteiger partial charge is 1.00 e. The van der Waals surface area contributed by atoms with Gasteiger partial charge in [-0.2, -0.15) is 19.3 Å². The molecule has 0 aromatic heterocycles. The van der Waals surface area contributed by atoms with Crippen LogP contribution in [0.1, 0.15) is 38.5 Å². The predicted molar refractivity (Wildman–Crippen MR) is 40.2 cm³/mol. The van der Waals surface area contributed by atoms with Crippen molar-refractivity contribution >= 4 is 23.1 Å². The summed E-state index contributed by atoms with van der Waals surface area (Å²) < 4.78 is 0. The maximum atomic E-state index is 1.87. The zero-order valence-corrected chi connectivity index (χ0v) is 9.41. The van der Waals surface area contributed by atoms with Crippen molar-refractivity contribution < 1.29 is 17.0 Å². The number of halogens is 1. The van der Waals surface area contributed by atoms with E-state index in [2.05, 4.69) is 0 Å². The first-order valence-corrected chi connectivity index (χ1v) is 3.79. The van der Waals surface area contributed by atoms with E-state index in [1.54, 1.807) is 0 Å². The minimum Gasteiger partial charge on any atom is -1.00 e. The predicted octanol–water partition coefficient (Wildman–Crippen LogP) is -0.832. The molecular weight excluding hydrogens is 200 g/mol. The van der Waals surface area contributed by atoms with Crippen molar-refractivity contribution in [2.75, 3.05) is 0 Å². The zero-order chi connectivity index (χ0) is 5.40. The van der Waals surface area contributed by atoms with E-state index in [0.29, 0.717) is 0 Å². The third-order valence-electron chi connectivity index (χ3n) is 2.72. The van der Waals surface area contributed by atoms with E-state index in [1.165, 1.54) is 38.5 Å². The molecule has 0 aliphatic heterocycles. The van der Waals surface area contributed by atoms with E-state index < -0.39 is 0 Å². The quantitative estimate of drug-likeness (QED) is 0.364. The van der Waals surface area contributed by atoms with Gasteiger partial charge in [0.2, 0.25) is 0 Å². The van der Waals surface area contributed by atoms with Crippen LogP contribution in [-0.4, -0.2) is 23.1 Å². The largest absolute Gasteiger partial charge is 2.00 e. The van der Waals surface area contributed by atoms with Crippen LogP contribution in [0.5, 0.6) is 0 Å². The monoisotopic (exact) mass is 212 g/mol. The van der Waals surface area contributed by atoms with Gasteiger partial charge >= 0.3 is 23.1 Å². The number of hydrogen-bond acceptors (Lipinski definition) is 0. The molecule has 3 aliphatic rings. The Bertz CT molecular complexity index is 64.2. The molecule has 3 rings (SSSR count). The molecule has 10 heavy (non-hydrogen) atoms. The number of hydrogen-bond donors (Lipinski definition) is 0. The molecule has 0 spiro atoms. The second-order valence-corrected chi connectivity index (χ2v) is 3.23. The minimum atomic E-state index is 0. The van der Waals surface area contributed by atoms with Gasteiger partial charge in [0.1, 0.15) is 0 Å². The Morgan fingerprint density at radius 2 is 1.30 bits per heavy atom. The molecule has 0 unspecified atom stereocenters. The van der Waals surface area contributed by atoms with Crippen molar-refractivity contribution in [1.29, 1.82) is 0 Å². The Morgan fingerprint density at radius 3 is 1.40 bits per heavy atom. The summed E-state index contributed by atoms with van der Waals surface area (Å²) in [6, 6.07) is 0. The van der Waals surface area contributed by atoms with E-state index in [4.69, 9.17) is 0 Å². The van der Waals surface area contributed by atoms with Gasteiger partial charge < -0.3 is 22.9 Å². The molecule has 54 valence electrons. The van der Waals surface area contributed by atoms with Crippen molar-refractivity contribution in [2.45, 2.75) is 38.5 Å². The van der Waals surface area contributed by atoms with Crippen LogP contribution in [0.15, 0.2) is 0 Å². The summed E-state index contributed by atoms with van der Waals surface area (Å²) in [6.45, 7) is 0. The standard InChI is InChI=1S/C8H13.BrH.Mg/c1-2-8-5-3-7(1)4-6-8;;/h7H,1-6H2;1H;/q-1;;+2/p-1. The molecule has 3 fully saturated rings. The van der Waals surface area contributed by atoms with Crippen molar-refractivity contribution in [3.05, 3.63) is 5.92 Å². The number of fused-ring (bicyclic) bond motifs is 3. The second-order valence-electron chi connectivity index (χ2n) is 3.23. The van der Waals surface area contributed by atoms with Crippen LogP contribution in [0.3, 0.4) is 0 Å². The fourth-order valence-electron chi connectivity index (χ4n) is 2.03. The molecule has 0 nitrogen and oxygen atoms in total. The fourth-order valence-corrected chi connectivity index (χ4v) is 2.03. The van der Waals surface area contributed by atoms with Crippen LogP contribution in [-0.2, 0) is 0 Å². The fraction of sp³-hybridized carbons (Fsp3) is 0.875. The molecule has 3 aliphatic carbocycles. The molecule has 0 saturated heterocycles. The maximum absolute atomic E-state index is 1.87. The van der Waals surface area contributed by atoms with E-state index in [1.807, 2.05) is 5.92 Å². The van der Waals surface area contributed by atoms with Gasteiger partial charge in [-0.25, -0.2) is 0 Å². The van der Waals surface area contributed by atoms with Crippen molar-refractivity contribution in [3.63, 3.8) is 0 Å². The van der Waals surface area contributed by atoms with Crippen LogP contribution >= 0.6 is 0 Å². The average molecular weight is 213 g/mol. The average Bonchev–Trinajstić information content (AvgIpc) is 1.92. The van der Waals surface area contributed by atoms with Gasteiger partial charge in [0.05, 0.1) is 0 Å². The van der Waals surface area contributed by atoms with E-state index in [9.17, 15) is 0 Å². The van der Waals surface area contributed by atoms with Gasteiger partial charge in [-0.05, 0) is 5.92 Å². The first kappa shape index (κ1) is 11.2. The first-order valence-electron chi connectivity index (χ1n) is 3.79. The SMILES string of the molecule is C1CC2CC[C-]1CC2.[Br-].[Mg+2]. The molecule has 0 radical (unpaired) electrons. The summed E-state index contributed by atoms with van der Waals surface area (Å²) in [6.07, 6.45) is 9.00. The third-order valence-corrected chi connectivity index (χ3v) is 2.72. The molecule has 0 amide bonds. The topological polar surface area (TPSA) is 0 Å². The Labute approximate surface area is 90.1 Å². The number of rotatable bonds is 0. The molecule has 0 aromatic rings. The van der Waals surface area contributed by atoms with Crippen molar-refractivity contribution in [1.82, 2.24) is 0 Å². The normalized spacial score (nSPS) is 25.2. The summed E-state index contributed by atoms with van der Waals surface area (Å²) in [4.78, 5) is 0. The Hall–Kier alpha value is 1.25. The van der Waals surface area contributed by atoms with Gasteiger partial charge in [0.25, 0.3) is 0 Å². The van der Waals surface area contributed by atoms with E-state index >= 15 is 0 Å². The van der Waals surface area contributed by atoms with E-state index in [-0.39, 0.29) is 40.0 Å². The molecule has 3 saturated carbocycles. The summed E-state index contributed by atoms with van der Waals surface area (Å²) in [5.74, 6) is 3.00. The van der Waals surface area contributed by atoms with Gasteiger partial charge in [-0.15, -0.1) is 0 Å². The van der Waals surface area contributed by atoms with Gasteiger partial charge in [0, 0.05) is 0 Å². The molecule has 2 heteroatoms. The molecule has 0 N–H and O–H groups in total. The van der Waals surface area contributed by atoms with Crippen LogP contribution in [0.4, 0.5) is 0 Å². The van der Waals surface area contributed by atoms with Crippen LogP contribution in [0.2, 0.25) is 0 Å². The van der Waals surface area contributed by atoms with Gasteiger partial charge in [-0.3, -0.25) is 0 Å². The zero-order valence-electron chi connectivity index (χ0n) is 6.41. The maximum Gasteiger partial charge on any atom is 2.00 e. The van der Waals surface area contributed by atoms with E-state index in [0.717, 1.165) is 5.92 Å². The van der Waals surface area contributed by atoms with Crippen LogP contribution in [0, 0.1) is 11.8 Å². The van der Waals surface area contributed by atoms with Crippen molar-refractivity contribution in [3.8, 4) is 0 Å².